The van der Waals surface area contributed by atoms with Crippen LogP contribution in [0.3, 0.4) is 0 Å². The molecular formula is C27H27ClN6O5S. The van der Waals surface area contributed by atoms with Crippen LogP contribution in [0.5, 0.6) is 0 Å². The minimum atomic E-state index is -3.55. The quantitative estimate of drug-likeness (QED) is 0.339. The predicted molar refractivity (Wildman–Crippen MR) is 149 cm³/mol. The van der Waals surface area contributed by atoms with E-state index < -0.39 is 27.0 Å². The molecule has 1 atom stereocenters. The van der Waals surface area contributed by atoms with Crippen LogP contribution in [-0.4, -0.2) is 52.3 Å². The highest BCUT2D eigenvalue weighted by Crippen LogP contribution is 2.31. The van der Waals surface area contributed by atoms with Gasteiger partial charge in [-0.3, -0.25) is 19.7 Å². The smallest absolute Gasteiger partial charge is 0.255 e. The molecule has 0 spiro atoms. The van der Waals surface area contributed by atoms with E-state index in [2.05, 4.69) is 25.9 Å². The number of nitrogens with one attached hydrogen (secondary N) is 3. The molecule has 208 valence electrons. The summed E-state index contributed by atoms with van der Waals surface area (Å²) in [5.74, 6) is -0.511. The number of hydrogen-bond donors (Lipinski definition) is 3. The van der Waals surface area contributed by atoms with Crippen LogP contribution < -0.4 is 16.0 Å². The Morgan fingerprint density at radius 1 is 1.15 bits per heavy atom. The van der Waals surface area contributed by atoms with Crippen molar-refractivity contribution in [2.75, 3.05) is 10.6 Å². The maximum Gasteiger partial charge on any atom is 0.255 e. The highest BCUT2D eigenvalue weighted by atomic mass is 35.5. The number of carbonyl (C=O) groups is 3. The van der Waals surface area contributed by atoms with Gasteiger partial charge in [0.1, 0.15) is 11.1 Å². The number of carbonyl (C=O) groups excluding carboxylic acids is 3. The minimum Gasteiger partial charge on any atom is -0.350 e. The lowest BCUT2D eigenvalue weighted by Gasteiger charge is -2.29. The Labute approximate surface area is 236 Å². The maximum absolute atomic E-state index is 12.9. The second kappa shape index (κ2) is 10.9. The molecule has 3 aromatic rings. The van der Waals surface area contributed by atoms with E-state index in [0.29, 0.717) is 24.2 Å². The van der Waals surface area contributed by atoms with E-state index in [9.17, 15) is 22.8 Å². The first-order chi connectivity index (χ1) is 19.0. The number of fused-ring (bicyclic) bond motifs is 1. The molecule has 2 aliphatic heterocycles. The highest BCUT2D eigenvalue weighted by molar-refractivity contribution is 7.92. The minimum absolute atomic E-state index is 0.147. The van der Waals surface area contributed by atoms with Crippen molar-refractivity contribution in [1.29, 1.82) is 0 Å². The van der Waals surface area contributed by atoms with Crippen LogP contribution in [0, 0.1) is 0 Å². The van der Waals surface area contributed by atoms with E-state index in [0.717, 1.165) is 11.1 Å². The molecular weight excluding hydrogens is 556 g/mol. The van der Waals surface area contributed by atoms with Crippen molar-refractivity contribution < 1.29 is 22.8 Å². The largest absolute Gasteiger partial charge is 0.350 e. The number of aromatic nitrogens is 2. The Balaban J connectivity index is 1.29. The Morgan fingerprint density at radius 3 is 2.67 bits per heavy atom. The van der Waals surface area contributed by atoms with Crippen LogP contribution in [0.15, 0.2) is 53.6 Å². The lowest BCUT2D eigenvalue weighted by Crippen LogP contribution is -2.52. The van der Waals surface area contributed by atoms with E-state index in [-0.39, 0.29) is 46.5 Å². The molecule has 0 bridgehead atoms. The van der Waals surface area contributed by atoms with Gasteiger partial charge in [-0.05, 0) is 49.6 Å². The predicted octanol–water partition coefficient (Wildman–Crippen LogP) is 3.43. The van der Waals surface area contributed by atoms with E-state index in [1.165, 1.54) is 17.2 Å². The maximum atomic E-state index is 12.9. The number of anilines is 3. The average molecular weight is 583 g/mol. The van der Waals surface area contributed by atoms with E-state index in [1.807, 2.05) is 6.07 Å². The molecule has 13 heteroatoms. The summed E-state index contributed by atoms with van der Waals surface area (Å²) in [5, 5.41) is 8.06. The first-order valence-electron chi connectivity index (χ1n) is 12.7. The number of nitrogens with zero attached hydrogens (tertiary/aromatic N) is 3. The van der Waals surface area contributed by atoms with Crippen molar-refractivity contribution in [1.82, 2.24) is 20.2 Å². The lowest BCUT2D eigenvalue weighted by atomic mass is 10.0. The monoisotopic (exact) mass is 582 g/mol. The topological polar surface area (TPSA) is 150 Å². The van der Waals surface area contributed by atoms with Crippen molar-refractivity contribution in [3.05, 3.63) is 70.4 Å². The number of imide groups is 1. The molecule has 0 saturated carbocycles. The van der Waals surface area contributed by atoms with Crippen molar-refractivity contribution in [2.24, 2.45) is 0 Å². The lowest BCUT2D eigenvalue weighted by molar-refractivity contribution is -0.136. The average Bonchev–Trinajstić information content (AvgIpc) is 3.24. The molecule has 3 amide bonds. The molecule has 0 radical (unpaired) electrons. The van der Waals surface area contributed by atoms with Gasteiger partial charge < -0.3 is 15.5 Å². The normalized spacial score (nSPS) is 17.1. The van der Waals surface area contributed by atoms with Gasteiger partial charge in [0.15, 0.2) is 15.7 Å². The van der Waals surface area contributed by atoms with Crippen LogP contribution >= 0.6 is 11.6 Å². The first-order valence-corrected chi connectivity index (χ1v) is 14.6. The summed E-state index contributed by atoms with van der Waals surface area (Å²) in [5.41, 5.74) is 2.53. The summed E-state index contributed by atoms with van der Waals surface area (Å²) < 4.78 is 25.6. The van der Waals surface area contributed by atoms with Crippen LogP contribution in [-0.2, 0) is 32.5 Å². The van der Waals surface area contributed by atoms with Gasteiger partial charge in [-0.15, -0.1) is 0 Å². The number of halogens is 1. The zero-order chi connectivity index (χ0) is 28.6. The summed E-state index contributed by atoms with van der Waals surface area (Å²) in [6.45, 7) is 3.85. The molecule has 1 aromatic heterocycles. The Kier molecular flexibility index (Phi) is 7.47. The summed E-state index contributed by atoms with van der Waals surface area (Å²) in [7, 11) is -3.55. The zero-order valence-electron chi connectivity index (χ0n) is 21.8. The number of rotatable bonds is 8. The fourth-order valence-corrected chi connectivity index (χ4v) is 6.00. The van der Waals surface area contributed by atoms with Gasteiger partial charge in [0.2, 0.25) is 17.8 Å². The third-order valence-corrected chi connectivity index (χ3v) is 9.34. The number of amides is 3. The molecule has 0 aliphatic carbocycles. The van der Waals surface area contributed by atoms with Gasteiger partial charge in [0.05, 0.1) is 22.0 Å². The number of sulfone groups is 1. The number of hydrogen-bond acceptors (Lipinski definition) is 9. The van der Waals surface area contributed by atoms with Crippen LogP contribution in [0.1, 0.15) is 48.2 Å². The van der Waals surface area contributed by atoms with Gasteiger partial charge in [0.25, 0.3) is 5.91 Å². The Hall–Kier alpha value is -4.03. The third-order valence-electron chi connectivity index (χ3n) is 6.85. The standard InChI is InChI=1S/C27H27ClN6O5S/c1-15(2)40(38,39)22-6-4-3-5-20(22)31-24-19(28)13-30-27(33-24)29-12-16-7-8-18-17(11-16)14-34(26(18)37)21-9-10-23(35)32-25(21)36/h3-8,11,13,15,21H,9-10,12,14H2,1-2H3,(H,32,35,36)(H2,29,30,31,33). The zero-order valence-corrected chi connectivity index (χ0v) is 23.3. The van der Waals surface area contributed by atoms with Crippen molar-refractivity contribution in [3.63, 3.8) is 0 Å². The summed E-state index contributed by atoms with van der Waals surface area (Å²) in [4.78, 5) is 47.0. The van der Waals surface area contributed by atoms with Crippen LogP contribution in [0.2, 0.25) is 5.02 Å². The van der Waals surface area contributed by atoms with Crippen LogP contribution in [0.4, 0.5) is 17.5 Å². The Morgan fingerprint density at radius 2 is 1.93 bits per heavy atom. The van der Waals surface area contributed by atoms with E-state index in [4.69, 9.17) is 11.6 Å². The SMILES string of the molecule is CC(C)S(=O)(=O)c1ccccc1Nc1nc(NCc2ccc3c(c2)CN(C2CCC(=O)NC2=O)C3=O)ncc1Cl. The van der Waals surface area contributed by atoms with Gasteiger partial charge in [-0.25, -0.2) is 13.4 Å². The van der Waals surface area contributed by atoms with Gasteiger partial charge in [-0.2, -0.15) is 4.98 Å². The molecule has 5 rings (SSSR count). The number of benzene rings is 2. The molecule has 2 aromatic carbocycles. The fraction of sp³-hybridized carbons (Fsp3) is 0.296. The second-order valence-electron chi connectivity index (χ2n) is 9.85. The molecule has 3 N–H and O–H groups in total. The van der Waals surface area contributed by atoms with Crippen molar-refractivity contribution in [3.8, 4) is 0 Å². The van der Waals surface area contributed by atoms with Crippen molar-refractivity contribution >= 4 is 56.6 Å². The molecule has 40 heavy (non-hydrogen) atoms. The van der Waals surface area contributed by atoms with Gasteiger partial charge >= 0.3 is 0 Å². The third kappa shape index (κ3) is 5.36. The van der Waals surface area contributed by atoms with E-state index in [1.54, 1.807) is 44.2 Å². The molecule has 2 aliphatic rings. The molecule has 1 unspecified atom stereocenters. The van der Waals surface area contributed by atoms with Crippen molar-refractivity contribution in [2.45, 2.75) is 56.0 Å². The fourth-order valence-electron chi connectivity index (χ4n) is 4.66. The molecule has 3 heterocycles. The number of piperidine rings is 1. The highest BCUT2D eigenvalue weighted by Gasteiger charge is 2.39. The molecule has 1 saturated heterocycles. The summed E-state index contributed by atoms with van der Waals surface area (Å²) >= 11 is 6.32. The van der Waals surface area contributed by atoms with Crippen LogP contribution in [0.25, 0.3) is 0 Å². The van der Waals surface area contributed by atoms with E-state index >= 15 is 0 Å². The molecule has 1 fully saturated rings. The summed E-state index contributed by atoms with van der Waals surface area (Å²) in [6, 6.07) is 11.3. The molecule has 11 nitrogen and oxygen atoms in total. The second-order valence-corrected chi connectivity index (χ2v) is 12.7. The first kappa shape index (κ1) is 27.5. The number of para-hydroxylation sites is 1. The van der Waals surface area contributed by atoms with Gasteiger partial charge in [0, 0.05) is 25.1 Å². The Bertz CT molecular complexity index is 1630. The van der Waals surface area contributed by atoms with Gasteiger partial charge in [-0.1, -0.05) is 35.9 Å². The summed E-state index contributed by atoms with van der Waals surface area (Å²) in [6.07, 6.45) is 1.91.